The first-order valence-corrected chi connectivity index (χ1v) is 10.2. The summed E-state index contributed by atoms with van der Waals surface area (Å²) in [5, 5.41) is 0. The van der Waals surface area contributed by atoms with Crippen molar-refractivity contribution in [3.8, 4) is 22.6 Å². The number of benzene rings is 2. The van der Waals surface area contributed by atoms with Crippen LogP contribution in [0, 0.1) is 4.84 Å². The topological polar surface area (TPSA) is 138 Å². The monoisotopic (exact) mass is 413 g/mol. The molecule has 1 heterocycles. The lowest BCUT2D eigenvalue weighted by Crippen LogP contribution is -1.97. The van der Waals surface area contributed by atoms with Gasteiger partial charge in [0.15, 0.2) is 5.76 Å². The Balaban J connectivity index is 2.08. The van der Waals surface area contributed by atoms with Crippen molar-refractivity contribution >= 4 is 32.5 Å². The predicted molar refractivity (Wildman–Crippen MR) is 94.4 cm³/mol. The highest BCUT2D eigenvalue weighted by Gasteiger charge is 2.16. The van der Waals surface area contributed by atoms with Crippen LogP contribution in [0.2, 0.25) is 0 Å². The fraction of sp³-hybridized carbons (Fsp3) is 0. The Kier molecular flexibility index (Phi) is 4.58. The van der Waals surface area contributed by atoms with Gasteiger partial charge in [0.1, 0.15) is 0 Å². The predicted octanol–water partition coefficient (Wildman–Crippen LogP) is 3.16. The van der Waals surface area contributed by atoms with E-state index in [1.54, 1.807) is 0 Å². The van der Waals surface area contributed by atoms with Crippen LogP contribution in [-0.4, -0.2) is 30.9 Å². The zero-order chi connectivity index (χ0) is 19.1. The highest BCUT2D eigenvalue weighted by atomic mass is 32.2. The van der Waals surface area contributed by atoms with Crippen molar-refractivity contribution in [1.82, 2.24) is 4.98 Å². The minimum Gasteiger partial charge on any atom is -0.429 e. The number of aromatic amines is 1. The second kappa shape index (κ2) is 6.45. The van der Waals surface area contributed by atoms with Crippen molar-refractivity contribution in [2.24, 2.45) is 0 Å². The molecule has 0 unspecified atom stereocenters. The molecule has 1 aromatic heterocycles. The van der Waals surface area contributed by atoms with Crippen LogP contribution in [0.25, 0.3) is 22.6 Å². The van der Waals surface area contributed by atoms with Gasteiger partial charge in [-0.05, 0) is 48.6 Å². The van der Waals surface area contributed by atoms with Gasteiger partial charge in [0.05, 0.1) is 15.5 Å². The molecule has 0 aliphatic rings. The summed E-state index contributed by atoms with van der Waals surface area (Å²) in [4.78, 5) is 2.36. The normalized spacial score (nSPS) is 12.2. The van der Waals surface area contributed by atoms with Gasteiger partial charge >= 0.3 is 0 Å². The fourth-order valence-corrected chi connectivity index (χ4v) is 3.45. The molecule has 0 spiro atoms. The van der Waals surface area contributed by atoms with E-state index in [0.29, 0.717) is 22.6 Å². The Hall–Kier alpha value is -2.31. The number of hydrogen-bond acceptors (Lipinski definition) is 6. The van der Waals surface area contributed by atoms with E-state index < -0.39 is 20.2 Å². The summed E-state index contributed by atoms with van der Waals surface area (Å²) in [5.74, 6) is 0.302. The molecule has 11 heteroatoms. The van der Waals surface area contributed by atoms with Gasteiger partial charge in [0.25, 0.3) is 25.1 Å². The lowest BCUT2D eigenvalue weighted by Gasteiger charge is -2.04. The summed E-state index contributed by atoms with van der Waals surface area (Å²) in [6.45, 7) is 0. The van der Waals surface area contributed by atoms with E-state index >= 15 is 0 Å². The summed E-state index contributed by atoms with van der Waals surface area (Å²) >= 11 is 5.00. The van der Waals surface area contributed by atoms with Gasteiger partial charge in [-0.2, -0.15) is 16.8 Å². The molecule has 0 amide bonds. The first kappa shape index (κ1) is 18.5. The lowest BCUT2D eigenvalue weighted by atomic mass is 10.1. The van der Waals surface area contributed by atoms with Crippen LogP contribution in [0.4, 0.5) is 0 Å². The number of aromatic nitrogens is 1. The SMILES string of the molecule is O=S(=O)(O)c1ccc(-c2[nH]c(=S)oc2-c2ccc(S(=O)(=O)O)cc2)cc1. The Bertz CT molecular complexity index is 1120. The molecule has 3 N–H and O–H groups in total. The molecule has 3 aromatic rings. The highest BCUT2D eigenvalue weighted by molar-refractivity contribution is 7.86. The Morgan fingerprint density at radius 2 is 1.19 bits per heavy atom. The molecule has 26 heavy (non-hydrogen) atoms. The van der Waals surface area contributed by atoms with Crippen molar-refractivity contribution in [2.75, 3.05) is 0 Å². The third-order valence-corrected chi connectivity index (χ3v) is 5.43. The average Bonchev–Trinajstić information content (AvgIpc) is 2.95. The molecule has 2 aromatic carbocycles. The van der Waals surface area contributed by atoms with E-state index in [1.165, 1.54) is 48.5 Å². The summed E-state index contributed by atoms with van der Waals surface area (Å²) in [6.07, 6.45) is 0. The maximum Gasteiger partial charge on any atom is 0.294 e. The number of rotatable bonds is 4. The van der Waals surface area contributed by atoms with Gasteiger partial charge in [-0.3, -0.25) is 9.11 Å². The fourth-order valence-electron chi connectivity index (χ4n) is 2.31. The molecule has 0 radical (unpaired) electrons. The minimum absolute atomic E-state index is 0.0627. The van der Waals surface area contributed by atoms with Crippen LogP contribution in [0.3, 0.4) is 0 Å². The average molecular weight is 413 g/mol. The van der Waals surface area contributed by atoms with Crippen molar-refractivity contribution in [2.45, 2.75) is 9.79 Å². The molecule has 0 saturated heterocycles. The number of nitrogens with one attached hydrogen (secondary N) is 1. The zero-order valence-corrected chi connectivity index (χ0v) is 15.2. The third kappa shape index (κ3) is 3.76. The molecule has 3 rings (SSSR count). The molecular weight excluding hydrogens is 402 g/mol. The van der Waals surface area contributed by atoms with Crippen molar-refractivity contribution in [1.29, 1.82) is 0 Å². The van der Waals surface area contributed by atoms with Crippen molar-refractivity contribution in [3.05, 3.63) is 53.4 Å². The molecule has 0 fully saturated rings. The van der Waals surface area contributed by atoms with Gasteiger partial charge < -0.3 is 9.40 Å². The molecular formula is C15H11NO7S3. The maximum atomic E-state index is 11.1. The van der Waals surface area contributed by atoms with Gasteiger partial charge in [0, 0.05) is 11.1 Å². The van der Waals surface area contributed by atoms with E-state index in [1.807, 2.05) is 0 Å². The molecule has 8 nitrogen and oxygen atoms in total. The molecule has 0 aliphatic carbocycles. The first-order chi connectivity index (χ1) is 12.1. The molecule has 0 atom stereocenters. The second-order valence-electron chi connectivity index (χ2n) is 5.22. The second-order valence-corrected chi connectivity index (χ2v) is 8.43. The van der Waals surface area contributed by atoms with Gasteiger partial charge in [0.2, 0.25) is 0 Å². The number of hydrogen-bond donors (Lipinski definition) is 3. The molecule has 136 valence electrons. The van der Waals surface area contributed by atoms with Crippen molar-refractivity contribution < 1.29 is 30.4 Å². The summed E-state index contributed by atoms with van der Waals surface area (Å²) in [7, 11) is -8.63. The van der Waals surface area contributed by atoms with Crippen LogP contribution in [-0.2, 0) is 20.2 Å². The van der Waals surface area contributed by atoms with E-state index in [9.17, 15) is 16.8 Å². The van der Waals surface area contributed by atoms with Crippen LogP contribution in [0.5, 0.6) is 0 Å². The van der Waals surface area contributed by atoms with Crippen LogP contribution >= 0.6 is 12.2 Å². The maximum absolute atomic E-state index is 11.1. The Morgan fingerprint density at radius 1 is 0.769 bits per heavy atom. The molecule has 0 aliphatic heterocycles. The quantitative estimate of drug-likeness (QED) is 0.438. The van der Waals surface area contributed by atoms with Crippen LogP contribution in [0.15, 0.2) is 62.7 Å². The number of oxazole rings is 1. The minimum atomic E-state index is -4.32. The van der Waals surface area contributed by atoms with E-state index in [4.69, 9.17) is 25.7 Å². The van der Waals surface area contributed by atoms with E-state index in [0.717, 1.165) is 0 Å². The smallest absolute Gasteiger partial charge is 0.294 e. The Labute approximate surface area is 153 Å². The van der Waals surface area contributed by atoms with Crippen LogP contribution < -0.4 is 0 Å². The van der Waals surface area contributed by atoms with Crippen molar-refractivity contribution in [3.63, 3.8) is 0 Å². The molecule has 0 saturated carbocycles. The van der Waals surface area contributed by atoms with E-state index in [-0.39, 0.29) is 14.6 Å². The standard InChI is InChI=1S/C15H11NO7S3/c17-25(18,19)11-5-1-9(2-6-11)13-14(23-15(24)16-13)10-3-7-12(8-4-10)26(20,21)22/h1-8H,(H,16,24)(H,17,18,19)(H,20,21,22). The van der Waals surface area contributed by atoms with Gasteiger partial charge in [-0.1, -0.05) is 12.1 Å². The summed E-state index contributed by atoms with van der Waals surface area (Å²) in [5.41, 5.74) is 1.46. The zero-order valence-electron chi connectivity index (χ0n) is 12.8. The highest BCUT2D eigenvalue weighted by Crippen LogP contribution is 2.32. The largest absolute Gasteiger partial charge is 0.429 e. The van der Waals surface area contributed by atoms with Gasteiger partial charge in [-0.25, -0.2) is 0 Å². The lowest BCUT2D eigenvalue weighted by molar-refractivity contribution is 0.481. The summed E-state index contributed by atoms with van der Waals surface area (Å²) in [6, 6.07) is 10.6. The van der Waals surface area contributed by atoms with Gasteiger partial charge in [-0.15, -0.1) is 0 Å². The van der Waals surface area contributed by atoms with E-state index in [2.05, 4.69) is 4.98 Å². The number of H-pyrrole nitrogens is 1. The van der Waals surface area contributed by atoms with Crippen LogP contribution in [0.1, 0.15) is 0 Å². The summed E-state index contributed by atoms with van der Waals surface area (Å²) < 4.78 is 68.0. The molecule has 0 bridgehead atoms. The Morgan fingerprint density at radius 3 is 1.62 bits per heavy atom. The third-order valence-electron chi connectivity index (χ3n) is 3.50. The first-order valence-electron chi connectivity index (χ1n) is 6.95.